The molecule has 30 heavy (non-hydrogen) atoms. The van der Waals surface area contributed by atoms with Crippen LogP contribution in [0.4, 0.5) is 0 Å². The standard InChI is InChI=1S/C22H27ClN2O4S/c1-3-20(16-7-10-18(29-2)11-8-16)24-22(26)17-9-12-19(23)21(15-17)30(27,28)25-13-5-4-6-14-25/h7-12,15,20H,3-6,13-14H2,1-2H3,(H,24,26)/t20-/m1/s1. The highest BCUT2D eigenvalue weighted by Gasteiger charge is 2.29. The van der Waals surface area contributed by atoms with E-state index in [1.54, 1.807) is 13.2 Å². The first-order chi connectivity index (χ1) is 14.4. The molecule has 1 saturated heterocycles. The number of hydrogen-bond acceptors (Lipinski definition) is 4. The van der Waals surface area contributed by atoms with Gasteiger partial charge in [-0.05, 0) is 55.2 Å². The second-order valence-electron chi connectivity index (χ2n) is 7.32. The van der Waals surface area contributed by atoms with Gasteiger partial charge in [-0.2, -0.15) is 4.31 Å². The highest BCUT2D eigenvalue weighted by Crippen LogP contribution is 2.28. The van der Waals surface area contributed by atoms with Crippen molar-refractivity contribution in [1.82, 2.24) is 9.62 Å². The lowest BCUT2D eigenvalue weighted by molar-refractivity contribution is 0.0935. The van der Waals surface area contributed by atoms with Gasteiger partial charge in [0, 0.05) is 18.7 Å². The first-order valence-electron chi connectivity index (χ1n) is 10.1. The largest absolute Gasteiger partial charge is 0.497 e. The van der Waals surface area contributed by atoms with E-state index in [4.69, 9.17) is 16.3 Å². The summed E-state index contributed by atoms with van der Waals surface area (Å²) in [5.41, 5.74) is 1.21. The van der Waals surface area contributed by atoms with Gasteiger partial charge in [-0.15, -0.1) is 0 Å². The molecule has 8 heteroatoms. The maximum atomic E-state index is 13.0. The van der Waals surface area contributed by atoms with E-state index >= 15 is 0 Å². The summed E-state index contributed by atoms with van der Waals surface area (Å²) in [4.78, 5) is 12.9. The Morgan fingerprint density at radius 3 is 2.40 bits per heavy atom. The van der Waals surface area contributed by atoms with E-state index in [2.05, 4.69) is 5.32 Å². The number of hydrogen-bond donors (Lipinski definition) is 1. The number of sulfonamides is 1. The molecular formula is C22H27ClN2O4S. The molecule has 2 aromatic rings. The average Bonchev–Trinajstić information content (AvgIpc) is 2.78. The van der Waals surface area contributed by atoms with Crippen LogP contribution in [0.25, 0.3) is 0 Å². The Morgan fingerprint density at radius 2 is 1.80 bits per heavy atom. The minimum atomic E-state index is -3.74. The monoisotopic (exact) mass is 450 g/mol. The van der Waals surface area contributed by atoms with Gasteiger partial charge in [-0.3, -0.25) is 4.79 Å². The molecule has 1 fully saturated rings. The van der Waals surface area contributed by atoms with Crippen LogP contribution in [0.15, 0.2) is 47.4 Å². The van der Waals surface area contributed by atoms with Crippen LogP contribution in [0.1, 0.15) is 54.6 Å². The SMILES string of the molecule is CC[C@@H](NC(=O)c1ccc(Cl)c(S(=O)(=O)N2CCCCC2)c1)c1ccc(OC)cc1. The summed E-state index contributed by atoms with van der Waals surface area (Å²) < 4.78 is 32.7. The number of rotatable bonds is 7. The van der Waals surface area contributed by atoms with Crippen LogP contribution in [-0.4, -0.2) is 38.8 Å². The Kier molecular flexibility index (Phi) is 7.39. The molecule has 1 amide bonds. The fourth-order valence-corrected chi connectivity index (χ4v) is 5.60. The number of methoxy groups -OCH3 is 1. The molecule has 0 aliphatic carbocycles. The number of nitrogens with one attached hydrogen (secondary N) is 1. The van der Waals surface area contributed by atoms with E-state index in [-0.39, 0.29) is 27.4 Å². The predicted octanol–water partition coefficient (Wildman–Crippen LogP) is 4.40. The van der Waals surface area contributed by atoms with E-state index in [0.29, 0.717) is 19.5 Å². The predicted molar refractivity (Wildman–Crippen MR) is 118 cm³/mol. The molecule has 1 N–H and O–H groups in total. The third-order valence-corrected chi connectivity index (χ3v) is 7.74. The first-order valence-corrected chi connectivity index (χ1v) is 11.9. The van der Waals surface area contributed by atoms with Crippen LogP contribution in [0, 0.1) is 0 Å². The fourth-order valence-electron chi connectivity index (χ4n) is 3.59. The molecule has 0 saturated carbocycles. The number of benzene rings is 2. The molecule has 0 bridgehead atoms. The maximum Gasteiger partial charge on any atom is 0.251 e. The Morgan fingerprint density at radius 1 is 1.13 bits per heavy atom. The quantitative estimate of drug-likeness (QED) is 0.678. The number of nitrogens with zero attached hydrogens (tertiary/aromatic N) is 1. The zero-order valence-corrected chi connectivity index (χ0v) is 18.8. The lowest BCUT2D eigenvalue weighted by Gasteiger charge is -2.26. The molecule has 1 atom stereocenters. The first kappa shape index (κ1) is 22.6. The summed E-state index contributed by atoms with van der Waals surface area (Å²) in [6.07, 6.45) is 3.37. The Hall–Kier alpha value is -2.09. The van der Waals surface area contributed by atoms with Crippen molar-refractivity contribution in [2.24, 2.45) is 0 Å². The lowest BCUT2D eigenvalue weighted by atomic mass is 10.0. The van der Waals surface area contributed by atoms with E-state index in [9.17, 15) is 13.2 Å². The molecule has 1 aliphatic rings. The normalized spacial score (nSPS) is 16.1. The molecule has 0 radical (unpaired) electrons. The zero-order chi connectivity index (χ0) is 21.7. The van der Waals surface area contributed by atoms with Crippen molar-refractivity contribution in [3.63, 3.8) is 0 Å². The van der Waals surface area contributed by atoms with Crippen molar-refractivity contribution in [2.45, 2.75) is 43.5 Å². The maximum absolute atomic E-state index is 13.0. The topological polar surface area (TPSA) is 75.7 Å². The van der Waals surface area contributed by atoms with E-state index in [0.717, 1.165) is 30.6 Å². The number of halogens is 1. The Labute approximate surface area is 183 Å². The summed E-state index contributed by atoms with van der Waals surface area (Å²) in [5, 5.41) is 3.11. The second kappa shape index (κ2) is 9.81. The zero-order valence-electron chi connectivity index (χ0n) is 17.2. The number of ether oxygens (including phenoxy) is 1. The second-order valence-corrected chi connectivity index (χ2v) is 9.63. The van der Waals surface area contributed by atoms with Crippen molar-refractivity contribution in [3.05, 3.63) is 58.6 Å². The number of amides is 1. The molecular weight excluding hydrogens is 424 g/mol. The number of carbonyl (C=O) groups excluding carboxylic acids is 1. The molecule has 0 aromatic heterocycles. The van der Waals surface area contributed by atoms with Gasteiger partial charge < -0.3 is 10.1 Å². The summed E-state index contributed by atoms with van der Waals surface area (Å²) in [6.45, 7) is 2.93. The van der Waals surface area contributed by atoms with Gasteiger partial charge in [-0.25, -0.2) is 8.42 Å². The minimum absolute atomic E-state index is 0.0174. The van der Waals surface area contributed by atoms with Gasteiger partial charge >= 0.3 is 0 Å². The van der Waals surface area contributed by atoms with Crippen molar-refractivity contribution < 1.29 is 17.9 Å². The van der Waals surface area contributed by atoms with Crippen LogP contribution in [0.5, 0.6) is 5.75 Å². The van der Waals surface area contributed by atoms with Crippen molar-refractivity contribution in [2.75, 3.05) is 20.2 Å². The highest BCUT2D eigenvalue weighted by atomic mass is 35.5. The van der Waals surface area contributed by atoms with Crippen LogP contribution < -0.4 is 10.1 Å². The van der Waals surface area contributed by atoms with E-state index in [1.165, 1.54) is 16.4 Å². The number of piperidine rings is 1. The Bertz CT molecular complexity index is 987. The van der Waals surface area contributed by atoms with Gasteiger partial charge in [0.25, 0.3) is 5.91 Å². The van der Waals surface area contributed by atoms with Crippen molar-refractivity contribution in [1.29, 1.82) is 0 Å². The van der Waals surface area contributed by atoms with Gasteiger partial charge in [0.15, 0.2) is 0 Å². The van der Waals surface area contributed by atoms with Crippen molar-refractivity contribution in [3.8, 4) is 5.75 Å². The summed E-state index contributed by atoms with van der Waals surface area (Å²) in [5.74, 6) is 0.398. The average molecular weight is 451 g/mol. The molecule has 2 aromatic carbocycles. The highest BCUT2D eigenvalue weighted by molar-refractivity contribution is 7.89. The summed E-state index contributed by atoms with van der Waals surface area (Å²) in [7, 11) is -2.13. The van der Waals surface area contributed by atoms with E-state index < -0.39 is 10.0 Å². The van der Waals surface area contributed by atoms with Crippen LogP contribution >= 0.6 is 11.6 Å². The Balaban J connectivity index is 1.82. The van der Waals surface area contributed by atoms with Crippen LogP contribution in [0.2, 0.25) is 5.02 Å². The summed E-state index contributed by atoms with van der Waals surface area (Å²) >= 11 is 6.21. The molecule has 3 rings (SSSR count). The molecule has 1 heterocycles. The lowest BCUT2D eigenvalue weighted by Crippen LogP contribution is -2.36. The summed E-state index contributed by atoms with van der Waals surface area (Å²) in [6, 6.07) is 11.7. The van der Waals surface area contributed by atoms with Crippen LogP contribution in [-0.2, 0) is 10.0 Å². The molecule has 6 nitrogen and oxygen atoms in total. The third-order valence-electron chi connectivity index (χ3n) is 5.36. The smallest absolute Gasteiger partial charge is 0.251 e. The van der Waals surface area contributed by atoms with Gasteiger partial charge in [0.05, 0.1) is 18.2 Å². The molecule has 0 unspecified atom stereocenters. The fraction of sp³-hybridized carbons (Fsp3) is 0.409. The van der Waals surface area contributed by atoms with E-state index in [1.807, 2.05) is 31.2 Å². The van der Waals surface area contributed by atoms with Gasteiger partial charge in [0.2, 0.25) is 10.0 Å². The number of carbonyl (C=O) groups is 1. The van der Waals surface area contributed by atoms with Crippen LogP contribution in [0.3, 0.4) is 0 Å². The minimum Gasteiger partial charge on any atom is -0.497 e. The van der Waals surface area contributed by atoms with Gasteiger partial charge in [0.1, 0.15) is 10.6 Å². The molecule has 162 valence electrons. The third kappa shape index (κ3) is 4.96. The van der Waals surface area contributed by atoms with Gasteiger partial charge in [-0.1, -0.05) is 37.1 Å². The molecule has 0 spiro atoms. The molecule has 1 aliphatic heterocycles. The van der Waals surface area contributed by atoms with Crippen molar-refractivity contribution >= 4 is 27.5 Å².